The van der Waals surface area contributed by atoms with E-state index in [1.165, 1.54) is 0 Å². The van der Waals surface area contributed by atoms with Crippen LogP contribution in [0.3, 0.4) is 0 Å². The Labute approximate surface area is 71.0 Å². The van der Waals surface area contributed by atoms with Crippen LogP contribution in [-0.4, -0.2) is 15.6 Å². The lowest BCUT2D eigenvalue weighted by Crippen LogP contribution is -2.20. The van der Waals surface area contributed by atoms with Crippen LogP contribution in [0.2, 0.25) is 0 Å². The number of hydrogen-bond donors (Lipinski definition) is 1. The lowest BCUT2D eigenvalue weighted by Gasteiger charge is -2.02. The Morgan fingerprint density at radius 3 is 2.54 bits per heavy atom. The van der Waals surface area contributed by atoms with E-state index in [9.17, 15) is 18.4 Å². The maximum absolute atomic E-state index is 12.0. The molecule has 0 saturated heterocycles. The number of carboxylic acid groups (broad SMARTS) is 1. The summed E-state index contributed by atoms with van der Waals surface area (Å²) >= 11 is 0. The molecule has 0 fully saturated rings. The Bertz CT molecular complexity index is 386. The molecule has 1 N–H and O–H groups in total. The second kappa shape index (κ2) is 3.34. The molecule has 0 aliphatic rings. The van der Waals surface area contributed by atoms with Crippen molar-refractivity contribution in [2.45, 2.75) is 6.55 Å². The van der Waals surface area contributed by atoms with Gasteiger partial charge in [0.2, 0.25) is 0 Å². The van der Waals surface area contributed by atoms with E-state index in [1.807, 2.05) is 0 Å². The van der Waals surface area contributed by atoms with E-state index < -0.39 is 18.1 Å². The molecule has 1 aromatic rings. The van der Waals surface area contributed by atoms with E-state index in [-0.39, 0.29) is 10.1 Å². The number of halogens is 2. The predicted octanol–water partition coefficient (Wildman–Crippen LogP) is 0.942. The number of rotatable bonds is 2. The Kier molecular flexibility index (Phi) is 2.41. The minimum Gasteiger partial charge on any atom is -0.478 e. The minimum absolute atomic E-state index is 0.145. The molecule has 1 aromatic heterocycles. The van der Waals surface area contributed by atoms with Gasteiger partial charge in [-0.25, -0.2) is 4.79 Å². The Balaban J connectivity index is 3.21. The summed E-state index contributed by atoms with van der Waals surface area (Å²) in [5, 5.41) is 8.40. The number of hydrogen-bond acceptors (Lipinski definition) is 2. The van der Waals surface area contributed by atoms with Gasteiger partial charge in [0.15, 0.2) is 0 Å². The van der Waals surface area contributed by atoms with E-state index in [2.05, 4.69) is 0 Å². The Morgan fingerprint density at radius 1 is 1.54 bits per heavy atom. The summed E-state index contributed by atoms with van der Waals surface area (Å²) in [6, 6.07) is 1.59. The van der Waals surface area contributed by atoms with E-state index in [0.717, 1.165) is 12.3 Å². The molecule has 70 valence electrons. The third-order valence-corrected chi connectivity index (χ3v) is 1.41. The summed E-state index contributed by atoms with van der Waals surface area (Å²) in [4.78, 5) is 21.1. The summed E-state index contributed by atoms with van der Waals surface area (Å²) in [5.74, 6) is -1.32. The minimum atomic E-state index is -2.95. The summed E-state index contributed by atoms with van der Waals surface area (Å²) in [6.07, 6.45) is 0.746. The first-order chi connectivity index (χ1) is 6.02. The summed E-state index contributed by atoms with van der Waals surface area (Å²) in [5.41, 5.74) is -1.34. The molecule has 0 radical (unpaired) electrons. The van der Waals surface area contributed by atoms with Gasteiger partial charge in [-0.2, -0.15) is 8.78 Å². The molecule has 1 heterocycles. The second-order valence-electron chi connectivity index (χ2n) is 2.24. The molecule has 0 aliphatic carbocycles. The van der Waals surface area contributed by atoms with Crippen LogP contribution in [0.5, 0.6) is 0 Å². The zero-order chi connectivity index (χ0) is 10.0. The fraction of sp³-hybridized carbons (Fsp3) is 0.143. The molecule has 1 rings (SSSR count). The van der Waals surface area contributed by atoms with Crippen LogP contribution in [0, 0.1) is 0 Å². The number of pyridine rings is 1. The lowest BCUT2D eigenvalue weighted by molar-refractivity contribution is 0.0643. The molecule has 0 spiro atoms. The van der Waals surface area contributed by atoms with Crippen LogP contribution in [-0.2, 0) is 0 Å². The average Bonchev–Trinajstić information content (AvgIpc) is 2.03. The van der Waals surface area contributed by atoms with Gasteiger partial charge in [0, 0.05) is 12.3 Å². The van der Waals surface area contributed by atoms with E-state index >= 15 is 0 Å². The first-order valence-electron chi connectivity index (χ1n) is 3.26. The number of alkyl halides is 2. The maximum atomic E-state index is 12.0. The summed E-state index contributed by atoms with van der Waals surface area (Å²) in [6.45, 7) is -2.95. The molecule has 4 nitrogen and oxygen atoms in total. The first-order valence-corrected chi connectivity index (χ1v) is 3.26. The van der Waals surface area contributed by atoms with Gasteiger partial charge in [0.1, 0.15) is 0 Å². The van der Waals surface area contributed by atoms with Crippen LogP contribution in [0.15, 0.2) is 23.1 Å². The Morgan fingerprint density at radius 2 is 2.15 bits per heavy atom. The third-order valence-electron chi connectivity index (χ3n) is 1.41. The molecule has 0 aliphatic heterocycles. The van der Waals surface area contributed by atoms with E-state index in [1.54, 1.807) is 0 Å². The zero-order valence-corrected chi connectivity index (χ0v) is 6.28. The maximum Gasteiger partial charge on any atom is 0.335 e. The highest BCUT2D eigenvalue weighted by atomic mass is 19.3. The van der Waals surface area contributed by atoms with Crippen molar-refractivity contribution in [3.05, 3.63) is 34.2 Å². The average molecular weight is 189 g/mol. The van der Waals surface area contributed by atoms with Gasteiger partial charge in [-0.05, 0) is 6.07 Å². The summed E-state index contributed by atoms with van der Waals surface area (Å²) in [7, 11) is 0. The molecule has 6 heteroatoms. The van der Waals surface area contributed by atoms with E-state index in [4.69, 9.17) is 5.11 Å². The van der Waals surface area contributed by atoms with Crippen molar-refractivity contribution in [2.75, 3.05) is 0 Å². The molecular weight excluding hydrogens is 184 g/mol. The van der Waals surface area contributed by atoms with Crippen LogP contribution in [0.4, 0.5) is 8.78 Å². The monoisotopic (exact) mass is 189 g/mol. The number of aromatic nitrogens is 1. The molecule has 0 atom stereocenters. The molecule has 0 unspecified atom stereocenters. The van der Waals surface area contributed by atoms with Crippen LogP contribution >= 0.6 is 0 Å². The molecule has 0 bridgehead atoms. The second-order valence-corrected chi connectivity index (χ2v) is 2.24. The van der Waals surface area contributed by atoms with Gasteiger partial charge in [-0.3, -0.25) is 9.36 Å². The highest BCUT2D eigenvalue weighted by Gasteiger charge is 2.09. The normalized spacial score (nSPS) is 10.4. The standard InChI is InChI=1S/C7H5F2NO3/c8-7(9)10-2-1-4(6(12)13)3-5(10)11/h1-3,7H,(H,12,13). The number of carboxylic acids is 1. The van der Waals surface area contributed by atoms with Crippen LogP contribution < -0.4 is 5.56 Å². The van der Waals surface area contributed by atoms with Crippen molar-refractivity contribution in [2.24, 2.45) is 0 Å². The van der Waals surface area contributed by atoms with E-state index in [0.29, 0.717) is 6.07 Å². The summed E-state index contributed by atoms with van der Waals surface area (Å²) < 4.78 is 24.1. The van der Waals surface area contributed by atoms with Crippen molar-refractivity contribution in [1.82, 2.24) is 4.57 Å². The van der Waals surface area contributed by atoms with Crippen LogP contribution in [0.25, 0.3) is 0 Å². The zero-order valence-electron chi connectivity index (χ0n) is 6.28. The van der Waals surface area contributed by atoms with Crippen LogP contribution in [0.1, 0.15) is 16.9 Å². The quantitative estimate of drug-likeness (QED) is 0.753. The fourth-order valence-corrected chi connectivity index (χ4v) is 0.784. The van der Waals surface area contributed by atoms with Crippen molar-refractivity contribution in [3.8, 4) is 0 Å². The largest absolute Gasteiger partial charge is 0.478 e. The molecular formula is C7H5F2NO3. The van der Waals surface area contributed by atoms with Gasteiger partial charge in [0.25, 0.3) is 5.56 Å². The highest BCUT2D eigenvalue weighted by Crippen LogP contribution is 2.06. The van der Waals surface area contributed by atoms with Gasteiger partial charge < -0.3 is 5.11 Å². The number of nitrogens with zero attached hydrogens (tertiary/aromatic N) is 1. The fourth-order valence-electron chi connectivity index (χ4n) is 0.784. The predicted molar refractivity (Wildman–Crippen MR) is 38.9 cm³/mol. The Hall–Kier alpha value is -1.72. The van der Waals surface area contributed by atoms with Crippen molar-refractivity contribution < 1.29 is 18.7 Å². The van der Waals surface area contributed by atoms with Crippen molar-refractivity contribution >= 4 is 5.97 Å². The smallest absolute Gasteiger partial charge is 0.335 e. The first kappa shape index (κ1) is 9.37. The van der Waals surface area contributed by atoms with Crippen molar-refractivity contribution in [3.63, 3.8) is 0 Å². The van der Waals surface area contributed by atoms with Gasteiger partial charge in [-0.15, -0.1) is 0 Å². The SMILES string of the molecule is O=C(O)c1ccn(C(F)F)c(=O)c1. The number of aromatic carboxylic acids is 1. The molecule has 0 aromatic carbocycles. The number of carbonyl (C=O) groups is 1. The van der Waals surface area contributed by atoms with Gasteiger partial charge >= 0.3 is 12.5 Å². The third kappa shape index (κ3) is 1.90. The van der Waals surface area contributed by atoms with Gasteiger partial charge in [-0.1, -0.05) is 0 Å². The molecule has 13 heavy (non-hydrogen) atoms. The topological polar surface area (TPSA) is 59.3 Å². The highest BCUT2D eigenvalue weighted by molar-refractivity contribution is 5.87. The van der Waals surface area contributed by atoms with Gasteiger partial charge in [0.05, 0.1) is 5.56 Å². The van der Waals surface area contributed by atoms with Crippen molar-refractivity contribution in [1.29, 1.82) is 0 Å². The molecule has 0 amide bonds. The molecule has 0 saturated carbocycles. The lowest BCUT2D eigenvalue weighted by atomic mass is 10.3.